The molecule has 0 spiro atoms. The zero-order valence-corrected chi connectivity index (χ0v) is 15.7. The molecule has 0 aliphatic carbocycles. The Morgan fingerprint density at radius 3 is 2.22 bits per heavy atom. The lowest BCUT2D eigenvalue weighted by atomic mass is 9.96. The molecular weight excluding hydrogens is 375 g/mol. The maximum absolute atomic E-state index is 13.0. The van der Waals surface area contributed by atoms with Crippen LogP contribution in [-0.2, 0) is 14.8 Å². The van der Waals surface area contributed by atoms with Gasteiger partial charge in [-0.15, -0.1) is 0 Å². The summed E-state index contributed by atoms with van der Waals surface area (Å²) >= 11 is 0. The summed E-state index contributed by atoms with van der Waals surface area (Å²) < 4.78 is 39.6. The largest absolute Gasteiger partial charge is 0.351 e. The zero-order chi connectivity index (χ0) is 19.6. The highest BCUT2D eigenvalue weighted by Gasteiger charge is 2.34. The third kappa shape index (κ3) is 4.22. The van der Waals surface area contributed by atoms with E-state index in [1.165, 1.54) is 21.3 Å². The Bertz CT molecular complexity index is 807. The highest BCUT2D eigenvalue weighted by molar-refractivity contribution is 7.89. The van der Waals surface area contributed by atoms with Gasteiger partial charge in [0.05, 0.1) is 10.8 Å². The number of carbonyl (C=O) groups excluding carboxylic acids is 2. The number of nitrogens with zero attached hydrogens (tertiary/aromatic N) is 3. The quantitative estimate of drug-likeness (QED) is 0.798. The van der Waals surface area contributed by atoms with Crippen molar-refractivity contribution in [3.63, 3.8) is 0 Å². The summed E-state index contributed by atoms with van der Waals surface area (Å²) in [5.41, 5.74) is 5.30. The predicted octanol–water partition coefficient (Wildman–Crippen LogP) is 0.449. The maximum atomic E-state index is 13.0. The van der Waals surface area contributed by atoms with E-state index in [9.17, 15) is 22.4 Å². The molecule has 148 valence electrons. The van der Waals surface area contributed by atoms with Gasteiger partial charge in [0, 0.05) is 39.3 Å². The van der Waals surface area contributed by atoms with Crippen LogP contribution in [0.2, 0.25) is 0 Å². The zero-order valence-electron chi connectivity index (χ0n) is 14.9. The molecule has 2 heterocycles. The molecule has 1 aromatic rings. The molecule has 3 amide bonds. The standard InChI is InChI=1S/C17H23FN4O4S/c18-14-3-5-15(6-4-14)27(25,26)22-10-8-20(9-11-22)16(23)13-2-1-7-21(12-13)17(19)24/h3-6,13H,1-2,7-12H2,(H2,19,24). The molecular formula is C17H23FN4O4S. The Morgan fingerprint density at radius 1 is 1.00 bits per heavy atom. The number of amides is 3. The Balaban J connectivity index is 1.60. The summed E-state index contributed by atoms with van der Waals surface area (Å²) in [7, 11) is -3.71. The van der Waals surface area contributed by atoms with Gasteiger partial charge in [-0.1, -0.05) is 0 Å². The van der Waals surface area contributed by atoms with E-state index in [2.05, 4.69) is 0 Å². The fourth-order valence-corrected chi connectivity index (χ4v) is 4.96. The number of carbonyl (C=O) groups is 2. The molecule has 1 unspecified atom stereocenters. The normalized spacial score (nSPS) is 21.9. The molecule has 1 aromatic carbocycles. The van der Waals surface area contributed by atoms with Gasteiger partial charge in [-0.25, -0.2) is 17.6 Å². The number of piperazine rings is 1. The van der Waals surface area contributed by atoms with Gasteiger partial charge in [-0.05, 0) is 37.1 Å². The van der Waals surface area contributed by atoms with E-state index in [0.29, 0.717) is 19.5 Å². The van der Waals surface area contributed by atoms with Gasteiger partial charge in [0.2, 0.25) is 15.9 Å². The number of hydrogen-bond donors (Lipinski definition) is 1. The van der Waals surface area contributed by atoms with E-state index in [1.54, 1.807) is 4.90 Å². The van der Waals surface area contributed by atoms with Crippen LogP contribution in [-0.4, -0.2) is 73.7 Å². The van der Waals surface area contributed by atoms with Crippen molar-refractivity contribution in [3.05, 3.63) is 30.1 Å². The molecule has 0 bridgehead atoms. The van der Waals surface area contributed by atoms with Crippen LogP contribution < -0.4 is 5.73 Å². The predicted molar refractivity (Wildman–Crippen MR) is 95.6 cm³/mol. The minimum atomic E-state index is -3.71. The summed E-state index contributed by atoms with van der Waals surface area (Å²) in [5.74, 6) is -0.867. The number of nitrogens with two attached hydrogens (primary N) is 1. The third-order valence-electron chi connectivity index (χ3n) is 5.08. The molecule has 2 saturated heterocycles. The monoisotopic (exact) mass is 398 g/mol. The Hall–Kier alpha value is -2.20. The van der Waals surface area contributed by atoms with E-state index in [-0.39, 0.29) is 42.9 Å². The molecule has 2 aliphatic heterocycles. The Labute approximate surface area is 157 Å². The lowest BCUT2D eigenvalue weighted by Gasteiger charge is -2.38. The molecule has 0 aromatic heterocycles. The molecule has 0 saturated carbocycles. The second-order valence-corrected chi connectivity index (χ2v) is 8.74. The molecule has 8 nitrogen and oxygen atoms in total. The first-order chi connectivity index (χ1) is 12.8. The van der Waals surface area contributed by atoms with Crippen molar-refractivity contribution in [2.45, 2.75) is 17.7 Å². The van der Waals surface area contributed by atoms with E-state index in [0.717, 1.165) is 18.6 Å². The van der Waals surface area contributed by atoms with Gasteiger partial charge < -0.3 is 15.5 Å². The molecule has 2 N–H and O–H groups in total. The Kier molecular flexibility index (Phi) is 5.66. The number of benzene rings is 1. The first-order valence-corrected chi connectivity index (χ1v) is 10.3. The van der Waals surface area contributed by atoms with Crippen LogP contribution in [0.1, 0.15) is 12.8 Å². The molecule has 0 radical (unpaired) electrons. The van der Waals surface area contributed by atoms with Crippen LogP contribution in [0.25, 0.3) is 0 Å². The van der Waals surface area contributed by atoms with Gasteiger partial charge in [0.25, 0.3) is 0 Å². The number of piperidine rings is 1. The van der Waals surface area contributed by atoms with Crippen LogP contribution in [0, 0.1) is 11.7 Å². The van der Waals surface area contributed by atoms with E-state index >= 15 is 0 Å². The molecule has 3 rings (SSSR count). The van der Waals surface area contributed by atoms with Gasteiger partial charge in [-0.2, -0.15) is 4.31 Å². The SMILES string of the molecule is NC(=O)N1CCCC(C(=O)N2CCN(S(=O)(=O)c3ccc(F)cc3)CC2)C1. The average molecular weight is 398 g/mol. The molecule has 10 heteroatoms. The van der Waals surface area contributed by atoms with Crippen molar-refractivity contribution in [2.24, 2.45) is 11.7 Å². The number of urea groups is 1. The highest BCUT2D eigenvalue weighted by Crippen LogP contribution is 2.22. The number of halogens is 1. The van der Waals surface area contributed by atoms with Crippen molar-refractivity contribution in [2.75, 3.05) is 39.3 Å². The number of hydrogen-bond acceptors (Lipinski definition) is 4. The molecule has 2 fully saturated rings. The van der Waals surface area contributed by atoms with Crippen molar-refractivity contribution in [3.8, 4) is 0 Å². The minimum absolute atomic E-state index is 0.0352. The first kappa shape index (κ1) is 19.6. The summed E-state index contributed by atoms with van der Waals surface area (Å²) in [6.45, 7) is 1.79. The molecule has 27 heavy (non-hydrogen) atoms. The smallest absolute Gasteiger partial charge is 0.314 e. The minimum Gasteiger partial charge on any atom is -0.351 e. The second kappa shape index (κ2) is 7.81. The van der Waals surface area contributed by atoms with Crippen molar-refractivity contribution in [1.82, 2.24) is 14.1 Å². The maximum Gasteiger partial charge on any atom is 0.314 e. The van der Waals surface area contributed by atoms with Crippen molar-refractivity contribution < 1.29 is 22.4 Å². The summed E-state index contributed by atoms with van der Waals surface area (Å²) in [6.07, 6.45) is 1.41. The van der Waals surface area contributed by atoms with Crippen molar-refractivity contribution >= 4 is 22.0 Å². The molecule has 2 aliphatic rings. The number of sulfonamides is 1. The van der Waals surface area contributed by atoms with Crippen LogP contribution in [0.15, 0.2) is 29.2 Å². The van der Waals surface area contributed by atoms with Gasteiger partial charge in [-0.3, -0.25) is 4.79 Å². The first-order valence-electron chi connectivity index (χ1n) is 8.88. The summed E-state index contributed by atoms with van der Waals surface area (Å²) in [5, 5.41) is 0. The summed E-state index contributed by atoms with van der Waals surface area (Å²) in [6, 6.07) is 4.17. The van der Waals surface area contributed by atoms with Crippen molar-refractivity contribution in [1.29, 1.82) is 0 Å². The summed E-state index contributed by atoms with van der Waals surface area (Å²) in [4.78, 5) is 27.2. The lowest BCUT2D eigenvalue weighted by molar-refractivity contribution is -0.138. The second-order valence-electron chi connectivity index (χ2n) is 6.81. The Morgan fingerprint density at radius 2 is 1.63 bits per heavy atom. The van der Waals surface area contributed by atoms with E-state index in [4.69, 9.17) is 5.73 Å². The van der Waals surface area contributed by atoms with Crippen LogP contribution in [0.4, 0.5) is 9.18 Å². The van der Waals surface area contributed by atoms with Gasteiger partial charge in [0.1, 0.15) is 5.82 Å². The molecule has 1 atom stereocenters. The van der Waals surface area contributed by atoms with Crippen LogP contribution in [0.3, 0.4) is 0 Å². The third-order valence-corrected chi connectivity index (χ3v) is 7.00. The van der Waals surface area contributed by atoms with Crippen LogP contribution in [0.5, 0.6) is 0 Å². The van der Waals surface area contributed by atoms with E-state index < -0.39 is 21.9 Å². The van der Waals surface area contributed by atoms with E-state index in [1.807, 2.05) is 0 Å². The van der Waals surface area contributed by atoms with Gasteiger partial charge in [0.15, 0.2) is 0 Å². The fraction of sp³-hybridized carbons (Fsp3) is 0.529. The van der Waals surface area contributed by atoms with Crippen LogP contribution >= 0.6 is 0 Å². The highest BCUT2D eigenvalue weighted by atomic mass is 32.2. The number of rotatable bonds is 3. The number of likely N-dealkylation sites (tertiary alicyclic amines) is 1. The topological polar surface area (TPSA) is 104 Å². The van der Waals surface area contributed by atoms with Gasteiger partial charge >= 0.3 is 6.03 Å². The average Bonchev–Trinajstić information content (AvgIpc) is 2.68. The fourth-order valence-electron chi connectivity index (χ4n) is 3.54. The lowest BCUT2D eigenvalue weighted by Crippen LogP contribution is -2.54. The number of primary amides is 1.